The lowest BCUT2D eigenvalue weighted by molar-refractivity contribution is 0.462. The Balaban J connectivity index is 1.71. The Morgan fingerprint density at radius 1 is 1.05 bits per heavy atom. The van der Waals surface area contributed by atoms with E-state index in [4.69, 9.17) is 11.6 Å². The molecule has 0 bridgehead atoms. The molecule has 0 atom stereocenters. The Hall–Kier alpha value is -1.81. The maximum absolute atomic E-state index is 6.06. The molecular formula is C17H21ClN4. The maximum Gasteiger partial charge on any atom is 0.135 e. The molecule has 1 aromatic heterocycles. The van der Waals surface area contributed by atoms with E-state index in [1.807, 2.05) is 31.2 Å². The van der Waals surface area contributed by atoms with Gasteiger partial charge in [-0.25, -0.2) is 9.97 Å². The van der Waals surface area contributed by atoms with Crippen LogP contribution in [0.2, 0.25) is 5.02 Å². The molecule has 1 aromatic carbocycles. The van der Waals surface area contributed by atoms with Crippen LogP contribution < -0.4 is 10.6 Å². The highest BCUT2D eigenvalue weighted by atomic mass is 35.5. The number of hydrogen-bond acceptors (Lipinski definition) is 4. The smallest absolute Gasteiger partial charge is 0.135 e. The van der Waals surface area contributed by atoms with Gasteiger partial charge >= 0.3 is 0 Å². The summed E-state index contributed by atoms with van der Waals surface area (Å²) in [5, 5.41) is 7.54. The molecule has 3 rings (SSSR count). The summed E-state index contributed by atoms with van der Waals surface area (Å²) >= 11 is 6.06. The van der Waals surface area contributed by atoms with E-state index in [-0.39, 0.29) is 0 Å². The first kappa shape index (κ1) is 15.1. The molecule has 0 unspecified atom stereocenters. The summed E-state index contributed by atoms with van der Waals surface area (Å²) in [6.07, 6.45) is 7.99. The van der Waals surface area contributed by atoms with Gasteiger partial charge in [0.25, 0.3) is 0 Å². The summed E-state index contributed by atoms with van der Waals surface area (Å²) in [4.78, 5) is 8.62. The maximum atomic E-state index is 6.06. The van der Waals surface area contributed by atoms with Crippen molar-refractivity contribution >= 4 is 28.9 Å². The van der Waals surface area contributed by atoms with E-state index in [0.717, 1.165) is 22.9 Å². The van der Waals surface area contributed by atoms with Gasteiger partial charge in [-0.2, -0.15) is 0 Å². The van der Waals surface area contributed by atoms with Gasteiger partial charge < -0.3 is 10.6 Å². The van der Waals surface area contributed by atoms with Crippen molar-refractivity contribution in [1.29, 1.82) is 0 Å². The molecule has 1 saturated carbocycles. The van der Waals surface area contributed by atoms with Crippen molar-refractivity contribution in [1.82, 2.24) is 9.97 Å². The van der Waals surface area contributed by atoms with Gasteiger partial charge in [0.15, 0.2) is 0 Å². The van der Waals surface area contributed by atoms with Gasteiger partial charge in [0.1, 0.15) is 18.0 Å². The highest BCUT2D eigenvalue weighted by molar-refractivity contribution is 6.30. The van der Waals surface area contributed by atoms with Crippen LogP contribution in [0, 0.1) is 6.92 Å². The van der Waals surface area contributed by atoms with Crippen LogP contribution in [-0.2, 0) is 0 Å². The number of benzene rings is 1. The summed E-state index contributed by atoms with van der Waals surface area (Å²) in [5.41, 5.74) is 2.10. The number of halogens is 1. The van der Waals surface area contributed by atoms with Crippen LogP contribution in [0.4, 0.5) is 17.3 Å². The average molecular weight is 317 g/mol. The lowest BCUT2D eigenvalue weighted by Crippen LogP contribution is -2.22. The number of aromatic nitrogens is 2. The van der Waals surface area contributed by atoms with E-state index in [9.17, 15) is 0 Å². The monoisotopic (exact) mass is 316 g/mol. The van der Waals surface area contributed by atoms with Crippen molar-refractivity contribution in [2.45, 2.75) is 45.1 Å². The predicted octanol–water partition coefficient (Wildman–Crippen LogP) is 4.93. The van der Waals surface area contributed by atoms with E-state index >= 15 is 0 Å². The molecule has 1 fully saturated rings. The Morgan fingerprint density at radius 3 is 2.64 bits per heavy atom. The molecular weight excluding hydrogens is 296 g/mol. The van der Waals surface area contributed by atoms with Gasteiger partial charge in [0.2, 0.25) is 0 Å². The van der Waals surface area contributed by atoms with Crippen LogP contribution in [0.3, 0.4) is 0 Å². The van der Waals surface area contributed by atoms with Crippen LogP contribution in [-0.4, -0.2) is 16.0 Å². The fourth-order valence-electron chi connectivity index (χ4n) is 2.83. The first-order valence-electron chi connectivity index (χ1n) is 7.82. The SMILES string of the molecule is Cc1ccc(Cl)cc1Nc1cc(NC2CCCCC2)ncn1. The zero-order valence-electron chi connectivity index (χ0n) is 12.8. The van der Waals surface area contributed by atoms with Crippen molar-refractivity contribution in [2.24, 2.45) is 0 Å². The number of nitrogens with zero attached hydrogens (tertiary/aromatic N) is 2. The Labute approximate surface area is 136 Å². The van der Waals surface area contributed by atoms with Crippen LogP contribution in [0.25, 0.3) is 0 Å². The second-order valence-corrected chi connectivity index (χ2v) is 6.29. The third kappa shape index (κ3) is 3.89. The fourth-order valence-corrected chi connectivity index (χ4v) is 3.00. The molecule has 116 valence electrons. The fraction of sp³-hybridized carbons (Fsp3) is 0.412. The van der Waals surface area contributed by atoms with Gasteiger partial charge in [-0.1, -0.05) is 36.9 Å². The number of anilines is 3. The zero-order chi connectivity index (χ0) is 15.4. The van der Waals surface area contributed by atoms with Crippen molar-refractivity contribution in [3.05, 3.63) is 41.2 Å². The third-order valence-corrected chi connectivity index (χ3v) is 4.32. The van der Waals surface area contributed by atoms with Gasteiger partial charge in [0.05, 0.1) is 0 Å². The summed E-state index contributed by atoms with van der Waals surface area (Å²) < 4.78 is 0. The minimum atomic E-state index is 0.532. The van der Waals surface area contributed by atoms with Crippen LogP contribution in [0.1, 0.15) is 37.7 Å². The summed E-state index contributed by atoms with van der Waals surface area (Å²) in [6, 6.07) is 8.28. The molecule has 22 heavy (non-hydrogen) atoms. The molecule has 2 aromatic rings. The van der Waals surface area contributed by atoms with E-state index in [2.05, 4.69) is 20.6 Å². The lowest BCUT2D eigenvalue weighted by Gasteiger charge is -2.23. The van der Waals surface area contributed by atoms with Gasteiger partial charge in [-0.05, 0) is 37.5 Å². The molecule has 1 heterocycles. The quantitative estimate of drug-likeness (QED) is 0.840. The van der Waals surface area contributed by atoms with Gasteiger partial charge in [0, 0.05) is 22.8 Å². The molecule has 4 nitrogen and oxygen atoms in total. The first-order chi connectivity index (χ1) is 10.7. The average Bonchev–Trinajstić information content (AvgIpc) is 2.52. The highest BCUT2D eigenvalue weighted by Gasteiger charge is 2.13. The summed E-state index contributed by atoms with van der Waals surface area (Å²) in [6.45, 7) is 2.04. The largest absolute Gasteiger partial charge is 0.367 e. The molecule has 5 heteroatoms. The second-order valence-electron chi connectivity index (χ2n) is 5.85. The standard InChI is InChI=1S/C17H21ClN4/c1-12-7-8-13(18)9-15(12)22-17-10-16(19-11-20-17)21-14-5-3-2-4-6-14/h7-11,14H,2-6H2,1H3,(H2,19,20,21,22). The molecule has 0 amide bonds. The molecule has 0 aliphatic heterocycles. The van der Waals surface area contributed by atoms with E-state index in [1.54, 1.807) is 6.33 Å². The first-order valence-corrected chi connectivity index (χ1v) is 8.20. The van der Waals surface area contributed by atoms with E-state index in [0.29, 0.717) is 11.1 Å². The number of rotatable bonds is 4. The minimum Gasteiger partial charge on any atom is -0.367 e. The van der Waals surface area contributed by atoms with E-state index < -0.39 is 0 Å². The zero-order valence-corrected chi connectivity index (χ0v) is 13.5. The van der Waals surface area contributed by atoms with Gasteiger partial charge in [-0.3, -0.25) is 0 Å². The Morgan fingerprint density at radius 2 is 1.82 bits per heavy atom. The van der Waals surface area contributed by atoms with E-state index in [1.165, 1.54) is 32.1 Å². The van der Waals surface area contributed by atoms with Gasteiger partial charge in [-0.15, -0.1) is 0 Å². The highest BCUT2D eigenvalue weighted by Crippen LogP contribution is 2.25. The number of aryl methyl sites for hydroxylation is 1. The molecule has 0 spiro atoms. The van der Waals surface area contributed by atoms with Crippen molar-refractivity contribution in [2.75, 3.05) is 10.6 Å². The van der Waals surface area contributed by atoms with Crippen molar-refractivity contribution in [3.8, 4) is 0 Å². The number of hydrogen-bond donors (Lipinski definition) is 2. The summed E-state index contributed by atoms with van der Waals surface area (Å²) in [5.74, 6) is 1.66. The van der Waals surface area contributed by atoms with Crippen molar-refractivity contribution < 1.29 is 0 Å². The molecule has 2 N–H and O–H groups in total. The Kier molecular flexibility index (Phi) is 4.78. The normalized spacial score (nSPS) is 15.5. The molecule has 1 aliphatic rings. The van der Waals surface area contributed by atoms with Crippen molar-refractivity contribution in [3.63, 3.8) is 0 Å². The molecule has 0 saturated heterocycles. The van der Waals surface area contributed by atoms with Crippen LogP contribution >= 0.6 is 11.6 Å². The second kappa shape index (κ2) is 6.97. The predicted molar refractivity (Wildman–Crippen MR) is 92.0 cm³/mol. The molecule has 1 aliphatic carbocycles. The minimum absolute atomic E-state index is 0.532. The number of nitrogens with one attached hydrogen (secondary N) is 2. The summed E-state index contributed by atoms with van der Waals surface area (Å²) in [7, 11) is 0. The van der Waals surface area contributed by atoms with Crippen LogP contribution in [0.15, 0.2) is 30.6 Å². The van der Waals surface area contributed by atoms with Crippen LogP contribution in [0.5, 0.6) is 0 Å². The lowest BCUT2D eigenvalue weighted by atomic mass is 9.95. The molecule has 0 radical (unpaired) electrons. The topological polar surface area (TPSA) is 49.8 Å². The third-order valence-electron chi connectivity index (χ3n) is 4.09. The Bertz CT molecular complexity index is 638.